The summed E-state index contributed by atoms with van der Waals surface area (Å²) in [5, 5.41) is 17.2. The van der Waals surface area contributed by atoms with Crippen LogP contribution in [0.3, 0.4) is 0 Å². The van der Waals surface area contributed by atoms with Crippen LogP contribution in [0.4, 0.5) is 0 Å². The number of aliphatic hydroxyl groups is 1. The van der Waals surface area contributed by atoms with Gasteiger partial charge in [0.2, 0.25) is 0 Å². The summed E-state index contributed by atoms with van der Waals surface area (Å²) in [6.45, 7) is 1.93. The Kier molecular flexibility index (Phi) is 7.03. The first kappa shape index (κ1) is 24.8. The number of halogens is 2. The standard InChI is InChI=1S/C27H25BrClN3O4/c1-30-8-4-11-36-22-14-20-17(12-18(22)28)23-21(32(20)9-5-10-33)13-16(15-6-2-3-7-19(15)29)24-25(23)27(35)31-26(24)34/h2-3,6-7,12-14,30,33H,4-5,8-11H2,1H3,(H,31,34,35). The number of aliphatic hydroxyl groups excluding tert-OH is 1. The molecule has 0 atom stereocenters. The van der Waals surface area contributed by atoms with Gasteiger partial charge in [-0.25, -0.2) is 0 Å². The SMILES string of the molecule is CNCCCOc1cc2c(cc1Br)c1c3c(c(-c4ccccc4Cl)cc1n2CCCO)C(=O)NC3=O. The van der Waals surface area contributed by atoms with E-state index in [-0.39, 0.29) is 6.61 Å². The highest BCUT2D eigenvalue weighted by Gasteiger charge is 2.35. The average Bonchev–Trinajstić information content (AvgIpc) is 3.32. The molecule has 36 heavy (non-hydrogen) atoms. The summed E-state index contributed by atoms with van der Waals surface area (Å²) < 4.78 is 8.87. The van der Waals surface area contributed by atoms with E-state index in [1.54, 1.807) is 6.07 Å². The number of imide groups is 1. The van der Waals surface area contributed by atoms with Gasteiger partial charge < -0.3 is 19.7 Å². The Morgan fingerprint density at radius 1 is 1.06 bits per heavy atom. The van der Waals surface area contributed by atoms with E-state index < -0.39 is 11.8 Å². The first-order valence-electron chi connectivity index (χ1n) is 11.8. The van der Waals surface area contributed by atoms with Gasteiger partial charge in [0.05, 0.1) is 33.2 Å². The Morgan fingerprint density at radius 3 is 2.58 bits per heavy atom. The van der Waals surface area contributed by atoms with Gasteiger partial charge in [-0.05, 0) is 66.1 Å². The predicted octanol–water partition coefficient (Wildman–Crippen LogP) is 5.13. The molecule has 0 unspecified atom stereocenters. The number of hydrogen-bond donors (Lipinski definition) is 3. The van der Waals surface area contributed by atoms with Crippen molar-refractivity contribution in [1.29, 1.82) is 0 Å². The van der Waals surface area contributed by atoms with Crippen molar-refractivity contribution in [3.63, 3.8) is 0 Å². The summed E-state index contributed by atoms with van der Waals surface area (Å²) in [4.78, 5) is 26.1. The summed E-state index contributed by atoms with van der Waals surface area (Å²) in [5.74, 6) is -0.180. The van der Waals surface area contributed by atoms with Crippen LogP contribution in [-0.4, -0.2) is 48.3 Å². The molecule has 0 fully saturated rings. The zero-order valence-corrected chi connectivity index (χ0v) is 22.0. The van der Waals surface area contributed by atoms with Gasteiger partial charge in [-0.3, -0.25) is 14.9 Å². The van der Waals surface area contributed by atoms with Crippen LogP contribution >= 0.6 is 27.5 Å². The summed E-state index contributed by atoms with van der Waals surface area (Å²) >= 11 is 10.2. The molecular formula is C27H25BrClN3O4. The molecule has 1 aliphatic heterocycles. The van der Waals surface area contributed by atoms with Crippen LogP contribution in [0.5, 0.6) is 5.75 Å². The van der Waals surface area contributed by atoms with Crippen molar-refractivity contribution in [2.75, 3.05) is 26.8 Å². The molecule has 1 aromatic heterocycles. The Hall–Kier alpha value is -2.91. The Bertz CT molecular complexity index is 1510. The fraction of sp³-hybridized carbons (Fsp3) is 0.259. The summed E-state index contributed by atoms with van der Waals surface area (Å²) in [6.07, 6.45) is 1.38. The molecule has 2 heterocycles. The number of fused-ring (bicyclic) bond motifs is 5. The number of nitrogens with one attached hydrogen (secondary N) is 2. The molecular weight excluding hydrogens is 546 g/mol. The van der Waals surface area contributed by atoms with Crippen molar-refractivity contribution < 1.29 is 19.4 Å². The van der Waals surface area contributed by atoms with E-state index >= 15 is 0 Å². The van der Waals surface area contributed by atoms with Gasteiger partial charge in [0.25, 0.3) is 11.8 Å². The van der Waals surface area contributed by atoms with Crippen molar-refractivity contribution in [2.45, 2.75) is 19.4 Å². The topological polar surface area (TPSA) is 92.6 Å². The van der Waals surface area contributed by atoms with Gasteiger partial charge in [0, 0.05) is 40.6 Å². The summed E-state index contributed by atoms with van der Waals surface area (Å²) in [6, 6.07) is 13.1. The van der Waals surface area contributed by atoms with Gasteiger partial charge in [0.15, 0.2) is 0 Å². The van der Waals surface area contributed by atoms with Crippen molar-refractivity contribution in [3.05, 3.63) is 63.1 Å². The molecule has 186 valence electrons. The normalized spacial score (nSPS) is 13.0. The van der Waals surface area contributed by atoms with Crippen molar-refractivity contribution in [1.82, 2.24) is 15.2 Å². The Labute approximate surface area is 221 Å². The maximum atomic E-state index is 13.1. The van der Waals surface area contributed by atoms with Crippen LogP contribution in [-0.2, 0) is 6.54 Å². The third-order valence-corrected chi connectivity index (χ3v) is 7.37. The van der Waals surface area contributed by atoms with E-state index in [4.69, 9.17) is 16.3 Å². The smallest absolute Gasteiger partial charge is 0.259 e. The number of carbonyl (C=O) groups excluding carboxylic acids is 2. The van der Waals surface area contributed by atoms with Crippen LogP contribution in [0.2, 0.25) is 5.02 Å². The predicted molar refractivity (Wildman–Crippen MR) is 145 cm³/mol. The zero-order chi connectivity index (χ0) is 25.4. The lowest BCUT2D eigenvalue weighted by Crippen LogP contribution is -2.20. The minimum Gasteiger partial charge on any atom is -0.492 e. The van der Waals surface area contributed by atoms with Gasteiger partial charge in [-0.1, -0.05) is 29.8 Å². The highest BCUT2D eigenvalue weighted by atomic mass is 79.9. The zero-order valence-electron chi connectivity index (χ0n) is 19.7. The van der Waals surface area contributed by atoms with Crippen LogP contribution in [0, 0.1) is 0 Å². The average molecular weight is 571 g/mol. The lowest BCUT2D eigenvalue weighted by molar-refractivity contribution is 0.0880. The number of rotatable bonds is 9. The molecule has 0 aliphatic carbocycles. The van der Waals surface area contributed by atoms with E-state index in [9.17, 15) is 14.7 Å². The number of carbonyl (C=O) groups is 2. The Balaban J connectivity index is 1.82. The fourth-order valence-corrected chi connectivity index (χ4v) is 5.54. The molecule has 5 rings (SSSR count). The molecule has 7 nitrogen and oxygen atoms in total. The van der Waals surface area contributed by atoms with E-state index in [0.717, 1.165) is 33.9 Å². The van der Waals surface area contributed by atoms with Crippen LogP contribution in [0.15, 0.2) is 46.9 Å². The molecule has 3 N–H and O–H groups in total. The molecule has 1 aliphatic rings. The molecule has 0 bridgehead atoms. The first-order valence-corrected chi connectivity index (χ1v) is 12.9. The summed E-state index contributed by atoms with van der Waals surface area (Å²) in [5.41, 5.74) is 3.59. The first-order chi connectivity index (χ1) is 17.5. The molecule has 2 amide bonds. The van der Waals surface area contributed by atoms with Gasteiger partial charge >= 0.3 is 0 Å². The van der Waals surface area contributed by atoms with Crippen molar-refractivity contribution in [3.8, 4) is 16.9 Å². The van der Waals surface area contributed by atoms with Crippen LogP contribution in [0.1, 0.15) is 33.6 Å². The number of aryl methyl sites for hydroxylation is 1. The maximum Gasteiger partial charge on any atom is 0.259 e. The van der Waals surface area contributed by atoms with Gasteiger partial charge in [-0.15, -0.1) is 0 Å². The van der Waals surface area contributed by atoms with E-state index in [0.29, 0.717) is 58.0 Å². The minimum atomic E-state index is -0.438. The van der Waals surface area contributed by atoms with Crippen molar-refractivity contribution >= 4 is 61.2 Å². The van der Waals surface area contributed by atoms with E-state index in [1.807, 2.05) is 43.4 Å². The highest BCUT2D eigenvalue weighted by Crippen LogP contribution is 2.44. The minimum absolute atomic E-state index is 0.0202. The van der Waals surface area contributed by atoms with Crippen molar-refractivity contribution in [2.24, 2.45) is 0 Å². The lowest BCUT2D eigenvalue weighted by Gasteiger charge is -2.12. The third kappa shape index (κ3) is 4.18. The molecule has 3 aromatic carbocycles. The fourth-order valence-electron chi connectivity index (χ4n) is 4.84. The number of ether oxygens (including phenoxy) is 1. The largest absolute Gasteiger partial charge is 0.492 e. The number of nitrogens with zero attached hydrogens (tertiary/aromatic N) is 1. The molecule has 0 saturated heterocycles. The maximum absolute atomic E-state index is 13.1. The van der Waals surface area contributed by atoms with Gasteiger partial charge in [0.1, 0.15) is 5.75 Å². The van der Waals surface area contributed by atoms with E-state index in [1.165, 1.54) is 0 Å². The number of amides is 2. The second kappa shape index (κ2) is 10.2. The van der Waals surface area contributed by atoms with Gasteiger partial charge in [-0.2, -0.15) is 0 Å². The monoisotopic (exact) mass is 569 g/mol. The van der Waals surface area contributed by atoms with Crippen LogP contribution in [0.25, 0.3) is 32.9 Å². The second-order valence-corrected chi connectivity index (χ2v) is 9.93. The molecule has 0 radical (unpaired) electrons. The number of hydrogen-bond acceptors (Lipinski definition) is 5. The van der Waals surface area contributed by atoms with Crippen LogP contribution < -0.4 is 15.4 Å². The molecule has 0 saturated carbocycles. The molecule has 4 aromatic rings. The Morgan fingerprint density at radius 2 is 1.83 bits per heavy atom. The molecule has 9 heteroatoms. The highest BCUT2D eigenvalue weighted by molar-refractivity contribution is 9.10. The quantitative estimate of drug-likeness (QED) is 0.192. The second-order valence-electron chi connectivity index (χ2n) is 8.67. The number of aromatic nitrogens is 1. The molecule has 0 spiro atoms. The number of benzene rings is 3. The van der Waals surface area contributed by atoms with E-state index in [2.05, 4.69) is 31.1 Å². The lowest BCUT2D eigenvalue weighted by atomic mass is 9.93. The third-order valence-electron chi connectivity index (χ3n) is 6.42. The summed E-state index contributed by atoms with van der Waals surface area (Å²) in [7, 11) is 1.90.